The molecule has 0 radical (unpaired) electrons. The summed E-state index contributed by atoms with van der Waals surface area (Å²) in [5, 5.41) is 3.60. The quantitative estimate of drug-likeness (QED) is 0.851. The summed E-state index contributed by atoms with van der Waals surface area (Å²) in [5.41, 5.74) is 1.15. The monoisotopic (exact) mass is 233 g/mol. The van der Waals surface area contributed by atoms with Crippen LogP contribution in [0.5, 0.6) is 11.5 Å². The molecule has 17 heavy (non-hydrogen) atoms. The SMILES string of the molecule is c1cc2c(cc1NC1CCCCC1)OCCO2. The molecule has 1 aromatic carbocycles. The van der Waals surface area contributed by atoms with Crippen LogP contribution in [0.15, 0.2) is 18.2 Å². The Balaban J connectivity index is 1.70. The van der Waals surface area contributed by atoms with Crippen molar-refractivity contribution in [3.8, 4) is 11.5 Å². The molecule has 3 rings (SSSR count). The Morgan fingerprint density at radius 1 is 0.941 bits per heavy atom. The molecule has 1 saturated carbocycles. The Labute approximate surface area is 102 Å². The lowest BCUT2D eigenvalue weighted by molar-refractivity contribution is 0.171. The van der Waals surface area contributed by atoms with Crippen LogP contribution in [0.25, 0.3) is 0 Å². The summed E-state index contributed by atoms with van der Waals surface area (Å²) in [6.07, 6.45) is 6.66. The second kappa shape index (κ2) is 4.86. The first-order chi connectivity index (χ1) is 8.42. The molecular formula is C14H19NO2. The van der Waals surface area contributed by atoms with E-state index in [-0.39, 0.29) is 0 Å². The first-order valence-corrected chi connectivity index (χ1v) is 6.58. The number of rotatable bonds is 2. The molecule has 0 aromatic heterocycles. The first kappa shape index (κ1) is 10.8. The smallest absolute Gasteiger partial charge is 0.163 e. The highest BCUT2D eigenvalue weighted by Crippen LogP contribution is 2.33. The van der Waals surface area contributed by atoms with Crippen LogP contribution in [0, 0.1) is 0 Å². The number of hydrogen-bond acceptors (Lipinski definition) is 3. The van der Waals surface area contributed by atoms with Crippen LogP contribution < -0.4 is 14.8 Å². The van der Waals surface area contributed by atoms with Gasteiger partial charge >= 0.3 is 0 Å². The molecule has 1 fully saturated rings. The third-order valence-corrected chi connectivity index (χ3v) is 3.52. The molecule has 1 aromatic rings. The van der Waals surface area contributed by atoms with Gasteiger partial charge in [-0.25, -0.2) is 0 Å². The van der Waals surface area contributed by atoms with Gasteiger partial charge in [-0.05, 0) is 25.0 Å². The Morgan fingerprint density at radius 2 is 1.71 bits per heavy atom. The summed E-state index contributed by atoms with van der Waals surface area (Å²) in [7, 11) is 0. The molecule has 3 heteroatoms. The number of fused-ring (bicyclic) bond motifs is 1. The van der Waals surface area contributed by atoms with Gasteiger partial charge in [0.05, 0.1) is 0 Å². The Morgan fingerprint density at radius 3 is 2.53 bits per heavy atom. The third kappa shape index (κ3) is 2.48. The van der Waals surface area contributed by atoms with E-state index in [1.807, 2.05) is 6.07 Å². The largest absolute Gasteiger partial charge is 0.486 e. The van der Waals surface area contributed by atoms with Crippen molar-refractivity contribution in [2.45, 2.75) is 38.1 Å². The van der Waals surface area contributed by atoms with Crippen molar-refractivity contribution in [1.82, 2.24) is 0 Å². The zero-order valence-corrected chi connectivity index (χ0v) is 10.1. The normalized spacial score (nSPS) is 20.0. The lowest BCUT2D eigenvalue weighted by Gasteiger charge is -2.25. The van der Waals surface area contributed by atoms with Crippen molar-refractivity contribution in [2.24, 2.45) is 0 Å². The Kier molecular flexibility index (Phi) is 3.08. The van der Waals surface area contributed by atoms with E-state index < -0.39 is 0 Å². The molecule has 2 aliphatic rings. The van der Waals surface area contributed by atoms with Crippen molar-refractivity contribution in [3.63, 3.8) is 0 Å². The fourth-order valence-corrected chi connectivity index (χ4v) is 2.62. The number of anilines is 1. The standard InChI is InChI=1S/C14H19NO2/c1-2-4-11(5-3-1)15-12-6-7-13-14(10-12)17-9-8-16-13/h6-7,10-11,15H,1-5,8-9H2. The molecule has 0 amide bonds. The van der Waals surface area contributed by atoms with Gasteiger partial charge in [0.1, 0.15) is 13.2 Å². The van der Waals surface area contributed by atoms with E-state index in [2.05, 4.69) is 17.4 Å². The van der Waals surface area contributed by atoms with Gasteiger partial charge in [0.25, 0.3) is 0 Å². The van der Waals surface area contributed by atoms with Crippen LogP contribution in [-0.2, 0) is 0 Å². The van der Waals surface area contributed by atoms with Gasteiger partial charge < -0.3 is 14.8 Å². The maximum atomic E-state index is 5.59. The van der Waals surface area contributed by atoms with E-state index in [4.69, 9.17) is 9.47 Å². The summed E-state index contributed by atoms with van der Waals surface area (Å²) in [6.45, 7) is 1.31. The highest BCUT2D eigenvalue weighted by molar-refractivity contribution is 5.55. The van der Waals surface area contributed by atoms with Gasteiger partial charge in [0, 0.05) is 17.8 Å². The van der Waals surface area contributed by atoms with E-state index >= 15 is 0 Å². The van der Waals surface area contributed by atoms with E-state index in [1.165, 1.54) is 32.1 Å². The van der Waals surface area contributed by atoms with E-state index in [0.29, 0.717) is 19.3 Å². The van der Waals surface area contributed by atoms with Crippen LogP contribution in [0.3, 0.4) is 0 Å². The maximum Gasteiger partial charge on any atom is 0.163 e. The number of benzene rings is 1. The van der Waals surface area contributed by atoms with Gasteiger partial charge in [-0.3, -0.25) is 0 Å². The molecule has 0 saturated heterocycles. The summed E-state index contributed by atoms with van der Waals surface area (Å²) < 4.78 is 11.1. The Bertz CT molecular complexity index is 386. The van der Waals surface area contributed by atoms with Crippen molar-refractivity contribution in [2.75, 3.05) is 18.5 Å². The maximum absolute atomic E-state index is 5.59. The van der Waals surface area contributed by atoms with Crippen LogP contribution in [0.4, 0.5) is 5.69 Å². The second-order valence-electron chi connectivity index (χ2n) is 4.84. The number of nitrogens with one attached hydrogen (secondary N) is 1. The molecule has 3 nitrogen and oxygen atoms in total. The van der Waals surface area contributed by atoms with Crippen molar-refractivity contribution in [1.29, 1.82) is 0 Å². The first-order valence-electron chi connectivity index (χ1n) is 6.58. The highest BCUT2D eigenvalue weighted by atomic mass is 16.6. The van der Waals surface area contributed by atoms with Crippen LogP contribution in [0.2, 0.25) is 0 Å². The summed E-state index contributed by atoms with van der Waals surface area (Å²) in [6, 6.07) is 6.77. The fourth-order valence-electron chi connectivity index (χ4n) is 2.62. The molecule has 1 aliphatic heterocycles. The molecule has 1 heterocycles. The lowest BCUT2D eigenvalue weighted by atomic mass is 9.95. The Hall–Kier alpha value is -1.38. The van der Waals surface area contributed by atoms with Gasteiger partial charge in [-0.15, -0.1) is 0 Å². The predicted molar refractivity (Wildman–Crippen MR) is 67.9 cm³/mol. The molecular weight excluding hydrogens is 214 g/mol. The third-order valence-electron chi connectivity index (χ3n) is 3.52. The summed E-state index contributed by atoms with van der Waals surface area (Å²) in [4.78, 5) is 0. The minimum Gasteiger partial charge on any atom is -0.486 e. The minimum absolute atomic E-state index is 0.631. The predicted octanol–water partition coefficient (Wildman–Crippen LogP) is 3.20. The molecule has 1 aliphatic carbocycles. The summed E-state index contributed by atoms with van der Waals surface area (Å²) in [5.74, 6) is 1.74. The van der Waals surface area contributed by atoms with E-state index in [9.17, 15) is 0 Å². The fraction of sp³-hybridized carbons (Fsp3) is 0.571. The minimum atomic E-state index is 0.631. The zero-order chi connectivity index (χ0) is 11.5. The molecule has 1 N–H and O–H groups in total. The lowest BCUT2D eigenvalue weighted by Crippen LogP contribution is -2.22. The van der Waals surface area contributed by atoms with Crippen molar-refractivity contribution < 1.29 is 9.47 Å². The van der Waals surface area contributed by atoms with Gasteiger partial charge in [0.2, 0.25) is 0 Å². The van der Waals surface area contributed by atoms with E-state index in [1.54, 1.807) is 0 Å². The highest BCUT2D eigenvalue weighted by Gasteiger charge is 2.15. The molecule has 0 bridgehead atoms. The average Bonchev–Trinajstić information content (AvgIpc) is 2.40. The van der Waals surface area contributed by atoms with E-state index in [0.717, 1.165) is 17.2 Å². The topological polar surface area (TPSA) is 30.5 Å². The van der Waals surface area contributed by atoms with Crippen molar-refractivity contribution in [3.05, 3.63) is 18.2 Å². The number of ether oxygens (including phenoxy) is 2. The van der Waals surface area contributed by atoms with Crippen LogP contribution >= 0.6 is 0 Å². The van der Waals surface area contributed by atoms with Gasteiger partial charge in [0.15, 0.2) is 11.5 Å². The molecule has 92 valence electrons. The van der Waals surface area contributed by atoms with Crippen LogP contribution in [-0.4, -0.2) is 19.3 Å². The van der Waals surface area contributed by atoms with Gasteiger partial charge in [-0.2, -0.15) is 0 Å². The molecule has 0 atom stereocenters. The second-order valence-corrected chi connectivity index (χ2v) is 4.84. The number of hydrogen-bond donors (Lipinski definition) is 1. The molecule has 0 spiro atoms. The van der Waals surface area contributed by atoms with Crippen LogP contribution in [0.1, 0.15) is 32.1 Å². The zero-order valence-electron chi connectivity index (χ0n) is 10.1. The average molecular weight is 233 g/mol. The summed E-state index contributed by atoms with van der Waals surface area (Å²) >= 11 is 0. The van der Waals surface area contributed by atoms with Gasteiger partial charge in [-0.1, -0.05) is 19.3 Å². The molecule has 0 unspecified atom stereocenters. The van der Waals surface area contributed by atoms with Crippen molar-refractivity contribution >= 4 is 5.69 Å².